The number of carbonyl (C=O) groups excluding carboxylic acids is 1. The lowest BCUT2D eigenvalue weighted by molar-refractivity contribution is 0.0847. The summed E-state index contributed by atoms with van der Waals surface area (Å²) in [7, 11) is -3.02. The van der Waals surface area contributed by atoms with Crippen LogP contribution in [0.4, 0.5) is 14.5 Å². The number of guanidine groups is 1. The highest BCUT2D eigenvalue weighted by Gasteiger charge is 2.62. The van der Waals surface area contributed by atoms with Crippen molar-refractivity contribution in [3.63, 3.8) is 0 Å². The predicted octanol–water partition coefficient (Wildman–Crippen LogP) is 1.30. The SMILES string of the molecule is Cc1ccc(C(=O)Nc2ccc(F)c([C@]34CO[C@H](CF)[C@H]3S(=O)(=O)N(C)C(N)=N4)c2)nc1. The van der Waals surface area contributed by atoms with Crippen molar-refractivity contribution in [2.24, 2.45) is 10.7 Å². The summed E-state index contributed by atoms with van der Waals surface area (Å²) in [5.74, 6) is -1.71. The van der Waals surface area contributed by atoms with Gasteiger partial charge < -0.3 is 15.8 Å². The van der Waals surface area contributed by atoms with Crippen LogP contribution in [-0.4, -0.2) is 61.3 Å². The number of hydrogen-bond acceptors (Lipinski definition) is 7. The number of fused-ring (bicyclic) bond motifs is 1. The normalized spacial score (nSPS) is 26.4. The van der Waals surface area contributed by atoms with Gasteiger partial charge in [-0.25, -0.2) is 26.5 Å². The van der Waals surface area contributed by atoms with Gasteiger partial charge in [0.05, 0.1) is 6.61 Å². The Morgan fingerprint density at radius 1 is 1.38 bits per heavy atom. The third-order valence-corrected chi connectivity index (χ3v) is 7.94. The number of nitrogens with one attached hydrogen (secondary N) is 1. The minimum absolute atomic E-state index is 0.142. The van der Waals surface area contributed by atoms with Gasteiger partial charge in [0.2, 0.25) is 16.0 Å². The number of rotatable bonds is 4. The summed E-state index contributed by atoms with van der Waals surface area (Å²) in [6, 6.07) is 6.90. The minimum atomic E-state index is -4.21. The molecule has 0 aliphatic carbocycles. The van der Waals surface area contributed by atoms with Crippen LogP contribution in [0.15, 0.2) is 41.5 Å². The second kappa shape index (κ2) is 7.78. The number of hydrogen-bond donors (Lipinski definition) is 2. The topological polar surface area (TPSA) is 127 Å². The Balaban J connectivity index is 1.78. The fourth-order valence-corrected chi connectivity index (χ4v) is 5.89. The molecule has 1 saturated heterocycles. The van der Waals surface area contributed by atoms with Crippen molar-refractivity contribution in [2.45, 2.75) is 23.8 Å². The summed E-state index contributed by atoms with van der Waals surface area (Å²) in [6.45, 7) is 0.326. The average molecular weight is 465 g/mol. The van der Waals surface area contributed by atoms with Crippen molar-refractivity contribution in [1.82, 2.24) is 9.29 Å². The van der Waals surface area contributed by atoms with E-state index in [0.29, 0.717) is 0 Å². The molecule has 4 rings (SSSR count). The number of nitrogens with zero attached hydrogens (tertiary/aromatic N) is 3. The Bertz CT molecular complexity index is 1200. The predicted molar refractivity (Wildman–Crippen MR) is 113 cm³/mol. The van der Waals surface area contributed by atoms with Crippen LogP contribution < -0.4 is 11.1 Å². The molecular formula is C20H21F2N5O4S. The maximum Gasteiger partial charge on any atom is 0.274 e. The van der Waals surface area contributed by atoms with E-state index in [2.05, 4.69) is 15.3 Å². The third kappa shape index (κ3) is 3.39. The highest BCUT2D eigenvalue weighted by molar-refractivity contribution is 7.90. The molecule has 1 aromatic carbocycles. The number of halogens is 2. The minimum Gasteiger partial charge on any atom is -0.371 e. The zero-order valence-corrected chi connectivity index (χ0v) is 18.1. The molecule has 0 bridgehead atoms. The van der Waals surface area contributed by atoms with Gasteiger partial charge in [0, 0.05) is 24.5 Å². The van der Waals surface area contributed by atoms with E-state index in [1.54, 1.807) is 6.07 Å². The number of ether oxygens (including phenoxy) is 1. The molecule has 1 fully saturated rings. The number of benzene rings is 1. The Morgan fingerprint density at radius 2 is 2.12 bits per heavy atom. The number of sulfonamides is 1. The molecule has 0 radical (unpaired) electrons. The fourth-order valence-electron chi connectivity index (χ4n) is 3.97. The standard InChI is InChI=1S/C20H21F2N5O4S/c1-11-3-6-15(24-9-11)18(28)25-12-4-5-14(22)13(7-12)20-10-31-16(8-21)17(20)32(29,30)27(2)19(23)26-20/h3-7,9,16-17H,8,10H2,1-2H3,(H2,23,26)(H,25,28)/t16-,17-,20-/m1/s1. The van der Waals surface area contributed by atoms with Crippen molar-refractivity contribution in [1.29, 1.82) is 0 Å². The van der Waals surface area contributed by atoms with E-state index >= 15 is 4.39 Å². The fraction of sp³-hybridized carbons (Fsp3) is 0.350. The number of anilines is 1. The van der Waals surface area contributed by atoms with E-state index < -0.39 is 51.9 Å². The van der Waals surface area contributed by atoms with Gasteiger partial charge in [-0.3, -0.25) is 9.78 Å². The van der Waals surface area contributed by atoms with E-state index in [9.17, 15) is 17.6 Å². The molecule has 3 atom stereocenters. The van der Waals surface area contributed by atoms with Crippen molar-refractivity contribution in [3.05, 3.63) is 59.2 Å². The molecule has 9 nitrogen and oxygen atoms in total. The lowest BCUT2D eigenvalue weighted by Gasteiger charge is -2.39. The van der Waals surface area contributed by atoms with Gasteiger partial charge in [-0.05, 0) is 36.8 Å². The van der Waals surface area contributed by atoms with Crippen molar-refractivity contribution >= 4 is 27.6 Å². The largest absolute Gasteiger partial charge is 0.371 e. The molecule has 32 heavy (non-hydrogen) atoms. The molecule has 3 heterocycles. The van der Waals surface area contributed by atoms with Crippen LogP contribution in [0.5, 0.6) is 0 Å². The molecule has 2 aromatic rings. The van der Waals surface area contributed by atoms with Gasteiger partial charge in [-0.1, -0.05) is 6.07 Å². The number of aliphatic imine (C=N–C) groups is 1. The molecule has 12 heteroatoms. The maximum atomic E-state index is 15.0. The monoisotopic (exact) mass is 465 g/mol. The zero-order valence-electron chi connectivity index (χ0n) is 17.2. The quantitative estimate of drug-likeness (QED) is 0.701. The average Bonchev–Trinajstić information content (AvgIpc) is 3.14. The summed E-state index contributed by atoms with van der Waals surface area (Å²) in [5, 5.41) is 1.07. The number of pyridine rings is 1. The zero-order chi connectivity index (χ0) is 23.3. The van der Waals surface area contributed by atoms with Crippen LogP contribution in [0, 0.1) is 12.7 Å². The van der Waals surface area contributed by atoms with Crippen molar-refractivity contribution in [3.8, 4) is 0 Å². The summed E-state index contributed by atoms with van der Waals surface area (Å²) in [4.78, 5) is 20.8. The molecule has 3 N–H and O–H groups in total. The number of alkyl halides is 1. The van der Waals surface area contributed by atoms with Gasteiger partial charge in [-0.15, -0.1) is 0 Å². The molecule has 170 valence electrons. The number of amides is 1. The number of carbonyl (C=O) groups is 1. The first-order chi connectivity index (χ1) is 15.1. The highest BCUT2D eigenvalue weighted by atomic mass is 32.2. The van der Waals surface area contributed by atoms with Gasteiger partial charge in [0.1, 0.15) is 35.1 Å². The Morgan fingerprint density at radius 3 is 2.78 bits per heavy atom. The number of nitrogens with two attached hydrogens (primary N) is 1. The van der Waals surface area contributed by atoms with E-state index in [-0.39, 0.29) is 22.9 Å². The molecule has 1 aromatic heterocycles. The van der Waals surface area contributed by atoms with Gasteiger partial charge in [0.15, 0.2) is 0 Å². The summed E-state index contributed by atoms with van der Waals surface area (Å²) in [6.07, 6.45) is 0.177. The number of aryl methyl sites for hydroxylation is 1. The van der Waals surface area contributed by atoms with E-state index in [0.717, 1.165) is 15.9 Å². The van der Waals surface area contributed by atoms with Gasteiger partial charge in [-0.2, -0.15) is 0 Å². The van der Waals surface area contributed by atoms with Gasteiger partial charge >= 0.3 is 0 Å². The lowest BCUT2D eigenvalue weighted by Crippen LogP contribution is -2.59. The van der Waals surface area contributed by atoms with E-state index in [4.69, 9.17) is 10.5 Å². The van der Waals surface area contributed by atoms with E-state index in [1.807, 2.05) is 6.92 Å². The smallest absolute Gasteiger partial charge is 0.274 e. The lowest BCUT2D eigenvalue weighted by atomic mass is 9.86. The van der Waals surface area contributed by atoms with E-state index in [1.165, 1.54) is 31.4 Å². The second-order valence-electron chi connectivity index (χ2n) is 7.70. The van der Waals surface area contributed by atoms with Gasteiger partial charge in [0.25, 0.3) is 5.91 Å². The van der Waals surface area contributed by atoms with Crippen LogP contribution >= 0.6 is 0 Å². The van der Waals surface area contributed by atoms with Crippen molar-refractivity contribution < 1.29 is 26.7 Å². The molecule has 0 saturated carbocycles. The Kier molecular flexibility index (Phi) is 5.37. The first-order valence-electron chi connectivity index (χ1n) is 9.65. The van der Waals surface area contributed by atoms with Crippen LogP contribution in [-0.2, 0) is 20.3 Å². The molecular weight excluding hydrogens is 444 g/mol. The molecule has 0 unspecified atom stereocenters. The van der Waals surface area contributed by atoms with Crippen LogP contribution in [0.1, 0.15) is 21.6 Å². The summed E-state index contributed by atoms with van der Waals surface area (Å²) < 4.78 is 60.9. The first kappa shape index (κ1) is 22.1. The van der Waals surface area contributed by atoms with Crippen LogP contribution in [0.3, 0.4) is 0 Å². The molecule has 2 aliphatic rings. The highest BCUT2D eigenvalue weighted by Crippen LogP contribution is 2.46. The molecule has 2 aliphatic heterocycles. The summed E-state index contributed by atoms with van der Waals surface area (Å²) >= 11 is 0. The second-order valence-corrected chi connectivity index (χ2v) is 9.79. The first-order valence-corrected chi connectivity index (χ1v) is 11.1. The number of aromatic nitrogens is 1. The molecule has 0 spiro atoms. The van der Waals surface area contributed by atoms with Crippen molar-refractivity contribution in [2.75, 3.05) is 25.6 Å². The molecule has 1 amide bonds. The Hall–Kier alpha value is -3.12. The Labute approximate surface area is 183 Å². The third-order valence-electron chi connectivity index (χ3n) is 5.65. The van der Waals surface area contributed by atoms with Crippen LogP contribution in [0.2, 0.25) is 0 Å². The maximum absolute atomic E-state index is 15.0. The van der Waals surface area contributed by atoms with Crippen LogP contribution in [0.25, 0.3) is 0 Å². The summed E-state index contributed by atoms with van der Waals surface area (Å²) in [5.41, 5.74) is 5.04.